The molecule has 7 heteroatoms. The van der Waals surface area contributed by atoms with E-state index in [0.29, 0.717) is 32.6 Å². The van der Waals surface area contributed by atoms with Crippen LogP contribution in [-0.2, 0) is 26.2 Å². The zero-order valence-corrected chi connectivity index (χ0v) is 18.7. The van der Waals surface area contributed by atoms with Gasteiger partial charge in [0.15, 0.2) is 0 Å². The zero-order chi connectivity index (χ0) is 22.0. The van der Waals surface area contributed by atoms with E-state index in [1.54, 1.807) is 24.3 Å². The van der Waals surface area contributed by atoms with E-state index in [9.17, 15) is 13.2 Å². The van der Waals surface area contributed by atoms with Gasteiger partial charge in [0.05, 0.1) is 11.5 Å². The number of carbonyl (C=O) groups is 1. The lowest BCUT2D eigenvalue weighted by molar-refractivity contribution is -0.123. The van der Waals surface area contributed by atoms with Gasteiger partial charge in [0.25, 0.3) is 0 Å². The minimum atomic E-state index is -3.77. The largest absolute Gasteiger partial charge is 0.377 e. The summed E-state index contributed by atoms with van der Waals surface area (Å²) >= 11 is 0. The Labute approximate surface area is 180 Å². The van der Waals surface area contributed by atoms with Gasteiger partial charge in [0, 0.05) is 13.2 Å². The van der Waals surface area contributed by atoms with Gasteiger partial charge in [-0.05, 0) is 43.4 Å². The van der Waals surface area contributed by atoms with E-state index in [4.69, 9.17) is 4.74 Å². The van der Waals surface area contributed by atoms with E-state index in [1.807, 2.05) is 51.1 Å². The molecule has 0 aliphatic carbocycles. The molecule has 6 nitrogen and oxygen atoms in total. The molecule has 1 atom stereocenters. The average molecular weight is 433 g/mol. The lowest BCUT2D eigenvalue weighted by Crippen LogP contribution is -2.47. The van der Waals surface area contributed by atoms with Gasteiger partial charge in [-0.3, -0.25) is 4.79 Å². The fourth-order valence-corrected chi connectivity index (χ4v) is 4.13. The van der Waals surface area contributed by atoms with Crippen molar-refractivity contribution in [3.05, 3.63) is 65.7 Å². The topological polar surface area (TPSA) is 84.5 Å². The fraction of sp³-hybridized carbons (Fsp3) is 0.435. The number of sulfonamides is 1. The molecule has 0 saturated heterocycles. The van der Waals surface area contributed by atoms with Gasteiger partial charge in [0.2, 0.25) is 15.9 Å². The van der Waals surface area contributed by atoms with E-state index in [0.717, 1.165) is 11.1 Å². The number of amides is 1. The lowest BCUT2D eigenvalue weighted by atomic mass is 10.0. The van der Waals surface area contributed by atoms with Crippen LogP contribution < -0.4 is 10.0 Å². The minimum absolute atomic E-state index is 0.156. The number of carbonyl (C=O) groups excluding carboxylic acids is 1. The van der Waals surface area contributed by atoms with E-state index in [-0.39, 0.29) is 16.7 Å². The first kappa shape index (κ1) is 24.1. The molecule has 0 saturated carbocycles. The molecular formula is C23H32N2O4S. The standard InChI is InChI=1S/C23H32N2O4S/c1-18(2)16-22(25-30(27,28)21-12-10-19(3)11-13-21)23(26)24-14-7-15-29-17-20-8-5-4-6-9-20/h4-6,8-13,18,22,25H,7,14-17H2,1-3H3,(H,24,26). The number of nitrogens with one attached hydrogen (secondary N) is 2. The smallest absolute Gasteiger partial charge is 0.241 e. The Kier molecular flexibility index (Phi) is 9.49. The van der Waals surface area contributed by atoms with Crippen LogP contribution in [0.2, 0.25) is 0 Å². The Morgan fingerprint density at radius 1 is 1.03 bits per heavy atom. The molecule has 0 fully saturated rings. The molecule has 0 aliphatic heterocycles. The Balaban J connectivity index is 1.83. The molecule has 2 aromatic rings. The number of hydrogen-bond donors (Lipinski definition) is 2. The average Bonchev–Trinajstić information content (AvgIpc) is 2.70. The monoisotopic (exact) mass is 432 g/mol. The third-order valence-corrected chi connectivity index (χ3v) is 6.02. The minimum Gasteiger partial charge on any atom is -0.377 e. The van der Waals surface area contributed by atoms with E-state index in [1.165, 1.54) is 0 Å². The van der Waals surface area contributed by atoms with Crippen molar-refractivity contribution in [2.45, 2.75) is 51.2 Å². The van der Waals surface area contributed by atoms with Crippen LogP contribution in [0.25, 0.3) is 0 Å². The molecule has 2 N–H and O–H groups in total. The van der Waals surface area contributed by atoms with E-state index >= 15 is 0 Å². The van der Waals surface area contributed by atoms with Crippen molar-refractivity contribution in [1.29, 1.82) is 0 Å². The molecule has 0 aliphatic rings. The summed E-state index contributed by atoms with van der Waals surface area (Å²) in [6.07, 6.45) is 1.07. The molecule has 164 valence electrons. The SMILES string of the molecule is Cc1ccc(S(=O)(=O)NC(CC(C)C)C(=O)NCCCOCc2ccccc2)cc1. The van der Waals surface area contributed by atoms with Crippen LogP contribution in [0.3, 0.4) is 0 Å². The molecule has 0 aromatic heterocycles. The van der Waals surface area contributed by atoms with Crippen molar-refractivity contribution in [3.8, 4) is 0 Å². The fourth-order valence-electron chi connectivity index (χ4n) is 2.93. The van der Waals surface area contributed by atoms with Gasteiger partial charge in [-0.2, -0.15) is 4.72 Å². The lowest BCUT2D eigenvalue weighted by Gasteiger charge is -2.20. The van der Waals surface area contributed by atoms with Crippen LogP contribution in [0.5, 0.6) is 0 Å². The molecule has 1 amide bonds. The van der Waals surface area contributed by atoms with Gasteiger partial charge >= 0.3 is 0 Å². The summed E-state index contributed by atoms with van der Waals surface area (Å²) in [5, 5.41) is 2.82. The molecule has 0 heterocycles. The van der Waals surface area contributed by atoms with E-state index in [2.05, 4.69) is 10.0 Å². The van der Waals surface area contributed by atoms with Gasteiger partial charge in [-0.15, -0.1) is 0 Å². The molecule has 0 bridgehead atoms. The van der Waals surface area contributed by atoms with Crippen LogP contribution in [0.1, 0.15) is 37.8 Å². The Morgan fingerprint density at radius 3 is 2.33 bits per heavy atom. The van der Waals surface area contributed by atoms with Crippen LogP contribution in [0.15, 0.2) is 59.5 Å². The Morgan fingerprint density at radius 2 is 1.70 bits per heavy atom. The van der Waals surface area contributed by atoms with Crippen molar-refractivity contribution in [2.75, 3.05) is 13.2 Å². The molecule has 0 spiro atoms. The van der Waals surface area contributed by atoms with Crippen LogP contribution in [-0.4, -0.2) is 33.5 Å². The highest BCUT2D eigenvalue weighted by molar-refractivity contribution is 7.89. The molecule has 2 rings (SSSR count). The highest BCUT2D eigenvalue weighted by atomic mass is 32.2. The molecule has 1 unspecified atom stereocenters. The highest BCUT2D eigenvalue weighted by Crippen LogP contribution is 2.13. The first-order valence-corrected chi connectivity index (χ1v) is 11.7. The summed E-state index contributed by atoms with van der Waals surface area (Å²) in [6.45, 7) is 7.27. The zero-order valence-electron chi connectivity index (χ0n) is 17.9. The predicted molar refractivity (Wildman–Crippen MR) is 118 cm³/mol. The molecular weight excluding hydrogens is 400 g/mol. The van der Waals surface area contributed by atoms with Crippen molar-refractivity contribution >= 4 is 15.9 Å². The normalized spacial score (nSPS) is 12.7. The quantitative estimate of drug-likeness (QED) is 0.504. The second-order valence-corrected chi connectivity index (χ2v) is 9.51. The maximum Gasteiger partial charge on any atom is 0.241 e. The summed E-state index contributed by atoms with van der Waals surface area (Å²) in [5.74, 6) is -0.155. The Hall–Kier alpha value is -2.22. The second-order valence-electron chi connectivity index (χ2n) is 7.80. The van der Waals surface area contributed by atoms with Gasteiger partial charge in [-0.25, -0.2) is 8.42 Å². The Bertz CT molecular complexity index is 881. The van der Waals surface area contributed by atoms with Gasteiger partial charge in [-0.1, -0.05) is 61.9 Å². The first-order valence-electron chi connectivity index (χ1n) is 10.3. The van der Waals surface area contributed by atoms with Crippen molar-refractivity contribution in [2.24, 2.45) is 5.92 Å². The van der Waals surface area contributed by atoms with Crippen LogP contribution in [0, 0.1) is 12.8 Å². The first-order chi connectivity index (χ1) is 14.3. The number of rotatable bonds is 12. The summed E-state index contributed by atoms with van der Waals surface area (Å²) in [5.41, 5.74) is 2.07. The van der Waals surface area contributed by atoms with E-state index < -0.39 is 16.1 Å². The van der Waals surface area contributed by atoms with Crippen LogP contribution >= 0.6 is 0 Å². The second kappa shape index (κ2) is 11.8. The third kappa shape index (κ3) is 8.26. The van der Waals surface area contributed by atoms with Gasteiger partial charge in [0.1, 0.15) is 6.04 Å². The highest BCUT2D eigenvalue weighted by Gasteiger charge is 2.26. The predicted octanol–water partition coefficient (Wildman–Crippen LogP) is 3.41. The number of benzene rings is 2. The van der Waals surface area contributed by atoms with Crippen molar-refractivity contribution < 1.29 is 17.9 Å². The molecule has 0 radical (unpaired) electrons. The maximum atomic E-state index is 12.7. The van der Waals surface area contributed by atoms with Gasteiger partial charge < -0.3 is 10.1 Å². The summed E-state index contributed by atoms with van der Waals surface area (Å²) in [6, 6.07) is 15.6. The summed E-state index contributed by atoms with van der Waals surface area (Å²) in [7, 11) is -3.77. The number of hydrogen-bond acceptors (Lipinski definition) is 4. The summed E-state index contributed by atoms with van der Waals surface area (Å²) < 4.78 is 33.5. The summed E-state index contributed by atoms with van der Waals surface area (Å²) in [4.78, 5) is 12.8. The van der Waals surface area contributed by atoms with Crippen LogP contribution in [0.4, 0.5) is 0 Å². The maximum absolute atomic E-state index is 12.7. The molecule has 30 heavy (non-hydrogen) atoms. The van der Waals surface area contributed by atoms with Crippen molar-refractivity contribution in [3.63, 3.8) is 0 Å². The number of ether oxygens (including phenoxy) is 1. The third-order valence-electron chi connectivity index (χ3n) is 4.53. The number of aryl methyl sites for hydroxylation is 1. The molecule has 2 aromatic carbocycles. The van der Waals surface area contributed by atoms with Crippen molar-refractivity contribution in [1.82, 2.24) is 10.0 Å².